The maximum Gasteiger partial charge on any atom is 0.266 e. The average molecular weight is 340 g/mol. The maximum absolute atomic E-state index is 13.2. The molecular weight excluding hydrogens is 327 g/mol. The van der Waals surface area contributed by atoms with Crippen LogP contribution in [0.3, 0.4) is 0 Å². The number of thioether (sulfide) groups is 1. The number of carbonyl (C=O) groups excluding carboxylic acids is 2. The summed E-state index contributed by atoms with van der Waals surface area (Å²) in [5.74, 6) is -1.36. The minimum Gasteiger partial charge on any atom is -0.507 e. The van der Waals surface area contributed by atoms with Crippen molar-refractivity contribution in [2.24, 2.45) is 0 Å². The van der Waals surface area contributed by atoms with Crippen LogP contribution in [0.1, 0.15) is 5.56 Å². The van der Waals surface area contributed by atoms with Crippen LogP contribution in [0.25, 0.3) is 6.08 Å². The molecule has 116 valence electrons. The predicted octanol–water partition coefficient (Wildman–Crippen LogP) is 1.82. The van der Waals surface area contributed by atoms with E-state index in [1.807, 2.05) is 0 Å². The number of phenols is 1. The van der Waals surface area contributed by atoms with Gasteiger partial charge in [0.15, 0.2) is 0 Å². The maximum atomic E-state index is 13.2. The number of hydrogen-bond acceptors (Lipinski definition) is 5. The molecule has 1 heterocycles. The zero-order valence-electron chi connectivity index (χ0n) is 11.9. The number of carbonyl (C=O) groups is 2. The van der Waals surface area contributed by atoms with Crippen molar-refractivity contribution in [3.05, 3.63) is 34.5 Å². The van der Waals surface area contributed by atoms with E-state index < -0.39 is 11.7 Å². The number of rotatable bonds is 3. The molecule has 1 aliphatic heterocycles. The second kappa shape index (κ2) is 6.45. The molecule has 22 heavy (non-hydrogen) atoms. The molecule has 1 aliphatic rings. The molecule has 0 saturated carbocycles. The van der Waals surface area contributed by atoms with Crippen LogP contribution in [0.2, 0.25) is 0 Å². The Labute approximate surface area is 136 Å². The molecule has 2 amide bonds. The van der Waals surface area contributed by atoms with Crippen LogP contribution in [0.4, 0.5) is 4.39 Å². The second-order valence-corrected chi connectivity index (χ2v) is 6.43. The number of aromatic hydroxyl groups is 1. The summed E-state index contributed by atoms with van der Waals surface area (Å²) in [4.78, 5) is 26.8. The van der Waals surface area contributed by atoms with Crippen LogP contribution in [-0.2, 0) is 9.59 Å². The minimum atomic E-state index is -0.526. The van der Waals surface area contributed by atoms with Crippen molar-refractivity contribution in [3.63, 3.8) is 0 Å². The Morgan fingerprint density at radius 3 is 2.82 bits per heavy atom. The number of phenolic OH excluding ortho intramolecular Hbond substituents is 1. The van der Waals surface area contributed by atoms with Crippen LogP contribution in [0.15, 0.2) is 23.1 Å². The van der Waals surface area contributed by atoms with Gasteiger partial charge in [-0.1, -0.05) is 24.0 Å². The third-order valence-corrected chi connectivity index (χ3v) is 4.32. The molecule has 1 aromatic carbocycles. The molecule has 2 rings (SSSR count). The van der Waals surface area contributed by atoms with Crippen molar-refractivity contribution < 1.29 is 19.1 Å². The van der Waals surface area contributed by atoms with Crippen molar-refractivity contribution >= 4 is 46.2 Å². The summed E-state index contributed by atoms with van der Waals surface area (Å²) in [5, 5.41) is 9.69. The van der Waals surface area contributed by atoms with Crippen LogP contribution >= 0.6 is 24.0 Å². The number of hydrogen-bond donors (Lipinski definition) is 1. The van der Waals surface area contributed by atoms with Crippen molar-refractivity contribution in [1.29, 1.82) is 0 Å². The van der Waals surface area contributed by atoms with Crippen LogP contribution in [-0.4, -0.2) is 51.7 Å². The SMILES string of the molecule is CN(C)C(=O)CN1C(=O)/C(=C/c2cc(F)ccc2O)SC1=S. The molecule has 1 N–H and O–H groups in total. The lowest BCUT2D eigenvalue weighted by Crippen LogP contribution is -2.38. The average Bonchev–Trinajstić information content (AvgIpc) is 2.70. The summed E-state index contributed by atoms with van der Waals surface area (Å²) < 4.78 is 13.5. The standard InChI is InChI=1S/C14H13FN2O3S2/c1-16(2)12(19)7-17-13(20)11(22-14(17)21)6-8-5-9(15)3-4-10(8)18/h3-6,18H,7H2,1-2H3/b11-6-. The highest BCUT2D eigenvalue weighted by Gasteiger charge is 2.33. The molecule has 0 spiro atoms. The molecule has 0 unspecified atom stereocenters. The van der Waals surface area contributed by atoms with Gasteiger partial charge < -0.3 is 10.0 Å². The fraction of sp³-hybridized carbons (Fsp3) is 0.214. The summed E-state index contributed by atoms with van der Waals surface area (Å²) in [6, 6.07) is 3.44. The summed E-state index contributed by atoms with van der Waals surface area (Å²) in [6.07, 6.45) is 1.36. The lowest BCUT2D eigenvalue weighted by atomic mass is 10.2. The molecule has 5 nitrogen and oxygen atoms in total. The first-order chi connectivity index (χ1) is 10.3. The number of halogens is 1. The van der Waals surface area contributed by atoms with Gasteiger partial charge in [0.2, 0.25) is 5.91 Å². The van der Waals surface area contributed by atoms with Gasteiger partial charge in [-0.2, -0.15) is 0 Å². The zero-order valence-corrected chi connectivity index (χ0v) is 13.5. The number of nitrogens with zero attached hydrogens (tertiary/aromatic N) is 2. The number of benzene rings is 1. The van der Waals surface area contributed by atoms with Crippen LogP contribution < -0.4 is 0 Å². The zero-order chi connectivity index (χ0) is 16.4. The van der Waals surface area contributed by atoms with Crippen LogP contribution in [0, 0.1) is 5.82 Å². The topological polar surface area (TPSA) is 60.9 Å². The predicted molar refractivity (Wildman–Crippen MR) is 86.6 cm³/mol. The van der Waals surface area contributed by atoms with E-state index in [-0.39, 0.29) is 33.0 Å². The van der Waals surface area contributed by atoms with E-state index in [1.165, 1.54) is 21.9 Å². The second-order valence-electron chi connectivity index (χ2n) is 4.76. The molecule has 0 aromatic heterocycles. The van der Waals surface area contributed by atoms with Gasteiger partial charge in [0.25, 0.3) is 5.91 Å². The lowest BCUT2D eigenvalue weighted by Gasteiger charge is -2.17. The number of amides is 2. The molecule has 0 aliphatic carbocycles. The minimum absolute atomic E-state index is 0.143. The van der Waals surface area contributed by atoms with E-state index >= 15 is 0 Å². The van der Waals surface area contributed by atoms with Crippen LogP contribution in [0.5, 0.6) is 5.75 Å². The summed E-state index contributed by atoms with van der Waals surface area (Å²) in [6.45, 7) is -0.149. The summed E-state index contributed by atoms with van der Waals surface area (Å²) >= 11 is 6.10. The number of likely N-dealkylation sites (N-methyl/N-ethyl adjacent to an activating group) is 1. The summed E-state index contributed by atoms with van der Waals surface area (Å²) in [5.41, 5.74) is 0.180. The highest BCUT2D eigenvalue weighted by atomic mass is 32.2. The molecule has 8 heteroatoms. The Hall–Kier alpha value is -1.93. The Morgan fingerprint density at radius 2 is 2.18 bits per heavy atom. The quantitative estimate of drug-likeness (QED) is 0.672. The monoisotopic (exact) mass is 340 g/mol. The molecule has 0 bridgehead atoms. The third-order valence-electron chi connectivity index (χ3n) is 2.94. The van der Waals surface area contributed by atoms with Gasteiger partial charge >= 0.3 is 0 Å². The van der Waals surface area contributed by atoms with E-state index in [2.05, 4.69) is 0 Å². The van der Waals surface area contributed by atoms with E-state index in [0.717, 1.165) is 23.9 Å². The highest BCUT2D eigenvalue weighted by molar-refractivity contribution is 8.26. The first kappa shape index (κ1) is 16.4. The van der Waals surface area contributed by atoms with Gasteiger partial charge in [-0.3, -0.25) is 14.5 Å². The molecule has 1 saturated heterocycles. The van der Waals surface area contributed by atoms with E-state index in [9.17, 15) is 19.1 Å². The number of thiocarbonyl (C=S) groups is 1. The van der Waals surface area contributed by atoms with Gasteiger partial charge in [-0.05, 0) is 24.3 Å². The van der Waals surface area contributed by atoms with Gasteiger partial charge in [0.05, 0.1) is 4.91 Å². The van der Waals surface area contributed by atoms with Gasteiger partial charge in [-0.15, -0.1) is 0 Å². The molecule has 0 radical (unpaired) electrons. The van der Waals surface area contributed by atoms with Gasteiger partial charge in [0.1, 0.15) is 22.4 Å². The van der Waals surface area contributed by atoms with E-state index in [0.29, 0.717) is 0 Å². The lowest BCUT2D eigenvalue weighted by molar-refractivity contribution is -0.133. The molecule has 0 atom stereocenters. The smallest absolute Gasteiger partial charge is 0.266 e. The fourth-order valence-electron chi connectivity index (χ4n) is 1.70. The van der Waals surface area contributed by atoms with E-state index in [4.69, 9.17) is 12.2 Å². The Balaban J connectivity index is 2.26. The summed E-state index contributed by atoms with van der Waals surface area (Å²) in [7, 11) is 3.17. The first-order valence-corrected chi connectivity index (χ1v) is 7.46. The van der Waals surface area contributed by atoms with Gasteiger partial charge in [0, 0.05) is 19.7 Å². The fourth-order valence-corrected chi connectivity index (χ4v) is 2.94. The van der Waals surface area contributed by atoms with Crippen molar-refractivity contribution in [1.82, 2.24) is 9.80 Å². The molecular formula is C14H13FN2O3S2. The third kappa shape index (κ3) is 3.45. The van der Waals surface area contributed by atoms with Gasteiger partial charge in [-0.25, -0.2) is 4.39 Å². The Morgan fingerprint density at radius 1 is 1.50 bits per heavy atom. The van der Waals surface area contributed by atoms with Crippen molar-refractivity contribution in [2.75, 3.05) is 20.6 Å². The normalized spacial score (nSPS) is 16.5. The first-order valence-electron chi connectivity index (χ1n) is 6.23. The molecule has 1 aromatic rings. The largest absolute Gasteiger partial charge is 0.507 e. The van der Waals surface area contributed by atoms with Crippen molar-refractivity contribution in [2.45, 2.75) is 0 Å². The van der Waals surface area contributed by atoms with Crippen molar-refractivity contribution in [3.8, 4) is 5.75 Å². The highest BCUT2D eigenvalue weighted by Crippen LogP contribution is 2.34. The Kier molecular flexibility index (Phi) is 4.82. The Bertz CT molecular complexity index is 689. The van der Waals surface area contributed by atoms with E-state index in [1.54, 1.807) is 14.1 Å². The molecule has 1 fully saturated rings.